The van der Waals surface area contributed by atoms with Gasteiger partial charge in [0.05, 0.1) is 12.0 Å². The van der Waals surface area contributed by atoms with Crippen LogP contribution in [0.3, 0.4) is 0 Å². The Balaban J connectivity index is 1.74. The predicted octanol–water partition coefficient (Wildman–Crippen LogP) is 3.49. The molecule has 0 bridgehead atoms. The zero-order valence-corrected chi connectivity index (χ0v) is 18.6. The van der Waals surface area contributed by atoms with Gasteiger partial charge >= 0.3 is 0 Å². The summed E-state index contributed by atoms with van der Waals surface area (Å²) in [6.45, 7) is 2.45. The van der Waals surface area contributed by atoms with Crippen molar-refractivity contribution in [2.45, 2.75) is 46.7 Å². The van der Waals surface area contributed by atoms with Gasteiger partial charge in [-0.25, -0.2) is 8.42 Å². The van der Waals surface area contributed by atoms with Gasteiger partial charge in [0.15, 0.2) is 4.34 Å². The van der Waals surface area contributed by atoms with E-state index in [1.165, 1.54) is 0 Å². The molecule has 1 aliphatic rings. The molecule has 1 aromatic carbocycles. The minimum atomic E-state index is -3.57. The quantitative estimate of drug-likeness (QED) is 0.520. The fourth-order valence-electron chi connectivity index (χ4n) is 3.10. The number of nitrogens with zero attached hydrogens (tertiary/aromatic N) is 3. The SMILES string of the molecule is COc1ccc(S(=O)(=O)N2CCCCC2C(S)CSc2nnc(C)s2)cc1. The van der Waals surface area contributed by atoms with E-state index in [0.717, 1.165) is 28.6 Å². The molecule has 0 aliphatic carbocycles. The first-order valence-corrected chi connectivity index (χ1v) is 12.4. The van der Waals surface area contributed by atoms with Crippen molar-refractivity contribution in [3.63, 3.8) is 0 Å². The van der Waals surface area contributed by atoms with Crippen molar-refractivity contribution in [2.24, 2.45) is 0 Å². The van der Waals surface area contributed by atoms with Gasteiger partial charge in [-0.3, -0.25) is 0 Å². The smallest absolute Gasteiger partial charge is 0.243 e. The second kappa shape index (κ2) is 9.13. The molecule has 1 aliphatic heterocycles. The number of aromatic nitrogens is 2. The monoisotopic (exact) mass is 445 g/mol. The maximum absolute atomic E-state index is 13.2. The first-order chi connectivity index (χ1) is 12.9. The third-order valence-electron chi connectivity index (χ3n) is 4.49. The van der Waals surface area contributed by atoms with Crippen molar-refractivity contribution in [1.82, 2.24) is 14.5 Å². The van der Waals surface area contributed by atoms with Crippen molar-refractivity contribution < 1.29 is 13.2 Å². The fraction of sp³-hybridized carbons (Fsp3) is 0.529. The zero-order valence-electron chi connectivity index (χ0n) is 15.2. The normalized spacial score (nSPS) is 19.7. The van der Waals surface area contributed by atoms with Crippen molar-refractivity contribution in [3.05, 3.63) is 29.3 Å². The van der Waals surface area contributed by atoms with E-state index in [0.29, 0.717) is 22.9 Å². The fourth-order valence-corrected chi connectivity index (χ4v) is 7.31. The molecule has 2 heterocycles. The highest BCUT2D eigenvalue weighted by Crippen LogP contribution is 2.32. The molecule has 148 valence electrons. The Bertz CT molecular complexity index is 855. The first kappa shape index (κ1) is 20.9. The summed E-state index contributed by atoms with van der Waals surface area (Å²) in [5.41, 5.74) is 0. The van der Waals surface area contributed by atoms with Crippen LogP contribution in [0.4, 0.5) is 0 Å². The maximum atomic E-state index is 13.2. The molecule has 10 heteroatoms. The summed E-state index contributed by atoms with van der Waals surface area (Å²) in [4.78, 5) is 0.295. The molecule has 6 nitrogen and oxygen atoms in total. The number of rotatable bonds is 7. The number of thioether (sulfide) groups is 1. The maximum Gasteiger partial charge on any atom is 0.243 e. The Morgan fingerprint density at radius 1 is 1.33 bits per heavy atom. The highest BCUT2D eigenvalue weighted by Gasteiger charge is 2.36. The number of hydrogen-bond acceptors (Lipinski definition) is 8. The van der Waals surface area contributed by atoms with Gasteiger partial charge in [0.1, 0.15) is 10.8 Å². The second-order valence-electron chi connectivity index (χ2n) is 6.32. The number of methoxy groups -OCH3 is 1. The van der Waals surface area contributed by atoms with Crippen LogP contribution in [0.15, 0.2) is 33.5 Å². The number of thiol groups is 1. The number of benzene rings is 1. The van der Waals surface area contributed by atoms with Crippen LogP contribution < -0.4 is 4.74 Å². The molecule has 3 rings (SSSR count). The lowest BCUT2D eigenvalue weighted by Gasteiger charge is -2.37. The molecule has 0 amide bonds. The molecule has 27 heavy (non-hydrogen) atoms. The third-order valence-corrected chi connectivity index (χ3v) is 9.30. The van der Waals surface area contributed by atoms with E-state index in [-0.39, 0.29) is 11.3 Å². The lowest BCUT2D eigenvalue weighted by molar-refractivity contribution is 0.253. The van der Waals surface area contributed by atoms with E-state index in [1.54, 1.807) is 58.8 Å². The molecule has 2 aromatic rings. The van der Waals surface area contributed by atoms with Crippen LogP contribution in [0.2, 0.25) is 0 Å². The summed E-state index contributed by atoms with van der Waals surface area (Å²) < 4.78 is 34.1. The van der Waals surface area contributed by atoms with Gasteiger partial charge in [0, 0.05) is 23.6 Å². The van der Waals surface area contributed by atoms with E-state index in [2.05, 4.69) is 10.2 Å². The van der Waals surface area contributed by atoms with E-state index in [4.69, 9.17) is 17.4 Å². The summed E-state index contributed by atoms with van der Waals surface area (Å²) >= 11 is 7.89. The average Bonchev–Trinajstić information content (AvgIpc) is 3.11. The van der Waals surface area contributed by atoms with Gasteiger partial charge in [-0.2, -0.15) is 16.9 Å². The molecule has 1 aromatic heterocycles. The molecular formula is C17H23N3O3S4. The van der Waals surface area contributed by atoms with E-state index < -0.39 is 10.0 Å². The molecule has 2 unspecified atom stereocenters. The largest absolute Gasteiger partial charge is 0.497 e. The summed E-state index contributed by atoms with van der Waals surface area (Å²) in [7, 11) is -2.00. The lowest BCUT2D eigenvalue weighted by Crippen LogP contribution is -2.48. The summed E-state index contributed by atoms with van der Waals surface area (Å²) in [5.74, 6) is 1.33. The average molecular weight is 446 g/mol. The van der Waals surface area contributed by atoms with Crippen molar-refractivity contribution in [2.75, 3.05) is 19.4 Å². The van der Waals surface area contributed by atoms with Gasteiger partial charge < -0.3 is 4.74 Å². The minimum absolute atomic E-state index is 0.0764. The van der Waals surface area contributed by atoms with Crippen molar-refractivity contribution in [3.8, 4) is 5.75 Å². The lowest BCUT2D eigenvalue weighted by atomic mass is 10.0. The molecule has 2 atom stereocenters. The molecule has 1 saturated heterocycles. The number of sulfonamides is 1. The Kier molecular flexibility index (Phi) is 7.07. The Hall–Kier alpha value is -0.810. The summed E-state index contributed by atoms with van der Waals surface area (Å²) in [6, 6.07) is 6.43. The number of hydrogen-bond donors (Lipinski definition) is 1. The van der Waals surface area contributed by atoms with Gasteiger partial charge in [0.25, 0.3) is 0 Å². The topological polar surface area (TPSA) is 72.4 Å². The Labute approximate surface area is 174 Å². The van der Waals surface area contributed by atoms with Crippen LogP contribution >= 0.6 is 35.7 Å². The van der Waals surface area contributed by atoms with Gasteiger partial charge in [0.2, 0.25) is 10.0 Å². The van der Waals surface area contributed by atoms with Crippen LogP contribution in [0, 0.1) is 6.92 Å². The molecular weight excluding hydrogens is 422 g/mol. The minimum Gasteiger partial charge on any atom is -0.497 e. The number of aryl methyl sites for hydroxylation is 1. The first-order valence-electron chi connectivity index (χ1n) is 8.68. The number of piperidine rings is 1. The van der Waals surface area contributed by atoms with E-state index in [9.17, 15) is 8.42 Å². The number of ether oxygens (including phenoxy) is 1. The Morgan fingerprint density at radius 3 is 2.70 bits per heavy atom. The van der Waals surface area contributed by atoms with Crippen LogP contribution in [0.25, 0.3) is 0 Å². The van der Waals surface area contributed by atoms with Gasteiger partial charge in [-0.05, 0) is 44.0 Å². The molecule has 0 saturated carbocycles. The highest BCUT2D eigenvalue weighted by molar-refractivity contribution is 8.01. The third kappa shape index (κ3) is 4.97. The second-order valence-corrected chi connectivity index (χ2v) is 11.3. The highest BCUT2D eigenvalue weighted by atomic mass is 32.2. The van der Waals surface area contributed by atoms with Crippen molar-refractivity contribution in [1.29, 1.82) is 0 Å². The molecule has 0 spiro atoms. The summed E-state index contributed by atoms with van der Waals surface area (Å²) in [6.07, 6.45) is 2.70. The van der Waals surface area contributed by atoms with Crippen LogP contribution in [0.5, 0.6) is 5.75 Å². The van der Waals surface area contributed by atoms with Crippen molar-refractivity contribution >= 4 is 45.8 Å². The van der Waals surface area contributed by atoms with Crippen LogP contribution in [-0.4, -0.2) is 53.6 Å². The van der Waals surface area contributed by atoms with Crippen LogP contribution in [-0.2, 0) is 10.0 Å². The molecule has 0 radical (unpaired) electrons. The van der Waals surface area contributed by atoms with E-state index in [1.807, 2.05) is 6.92 Å². The zero-order chi connectivity index (χ0) is 19.4. The molecule has 0 N–H and O–H groups in total. The standard InChI is InChI=1S/C17H23N3O3S4/c1-12-18-19-17(26-12)25-11-16(24)15-5-3-4-10-20(15)27(21,22)14-8-6-13(23-2)7-9-14/h6-9,15-16,24H,3-5,10-11H2,1-2H3. The molecule has 1 fully saturated rings. The van der Waals surface area contributed by atoms with Crippen LogP contribution in [0.1, 0.15) is 24.3 Å². The van der Waals surface area contributed by atoms with Gasteiger partial charge in [-0.1, -0.05) is 29.5 Å². The van der Waals surface area contributed by atoms with E-state index >= 15 is 0 Å². The van der Waals surface area contributed by atoms with Gasteiger partial charge in [-0.15, -0.1) is 10.2 Å². The Morgan fingerprint density at radius 2 is 2.07 bits per heavy atom. The predicted molar refractivity (Wildman–Crippen MR) is 113 cm³/mol. The summed E-state index contributed by atoms with van der Waals surface area (Å²) in [5, 5.41) is 8.99.